The summed E-state index contributed by atoms with van der Waals surface area (Å²) in [4.78, 5) is 14.3. The van der Waals surface area contributed by atoms with Gasteiger partial charge in [-0.3, -0.25) is 9.69 Å². The summed E-state index contributed by atoms with van der Waals surface area (Å²) in [6.07, 6.45) is 7.07. The molecule has 3 nitrogen and oxygen atoms in total. The Morgan fingerprint density at radius 1 is 1.22 bits per heavy atom. The Morgan fingerprint density at radius 3 is 2.39 bits per heavy atom. The van der Waals surface area contributed by atoms with Crippen LogP contribution >= 0.6 is 0 Å². The fourth-order valence-electron chi connectivity index (χ4n) is 2.92. The number of piperidine rings is 1. The second-order valence-electron chi connectivity index (χ2n) is 5.32. The zero-order chi connectivity index (χ0) is 13.4. The Kier molecular flexibility index (Phi) is 7.33. The lowest BCUT2D eigenvalue weighted by Crippen LogP contribution is -2.46. The van der Waals surface area contributed by atoms with Crippen molar-refractivity contribution in [3.63, 3.8) is 0 Å². The van der Waals surface area contributed by atoms with Gasteiger partial charge in [0.2, 0.25) is 0 Å². The van der Waals surface area contributed by atoms with Crippen molar-refractivity contribution in [1.82, 2.24) is 4.90 Å². The van der Waals surface area contributed by atoms with Gasteiger partial charge in [-0.05, 0) is 45.2 Å². The van der Waals surface area contributed by atoms with Crippen LogP contribution in [0.25, 0.3) is 0 Å². The molecule has 0 spiro atoms. The molecule has 1 atom stereocenters. The summed E-state index contributed by atoms with van der Waals surface area (Å²) >= 11 is 0. The molecule has 1 rings (SSSR count). The second-order valence-corrected chi connectivity index (χ2v) is 5.32. The zero-order valence-electron chi connectivity index (χ0n) is 12.3. The van der Waals surface area contributed by atoms with Crippen LogP contribution in [-0.4, -0.2) is 36.6 Å². The highest BCUT2D eigenvalue weighted by Gasteiger charge is 2.29. The summed E-state index contributed by atoms with van der Waals surface area (Å²) in [7, 11) is 0. The van der Waals surface area contributed by atoms with Crippen molar-refractivity contribution in [2.75, 3.05) is 19.7 Å². The maximum absolute atomic E-state index is 12.0. The Balaban J connectivity index is 2.47. The molecule has 1 heterocycles. The summed E-state index contributed by atoms with van der Waals surface area (Å²) in [6, 6.07) is -0.00229. The fourth-order valence-corrected chi connectivity index (χ4v) is 2.92. The molecule has 0 N–H and O–H groups in total. The Bertz CT molecular complexity index is 235. The number of hydrogen-bond acceptors (Lipinski definition) is 3. The molecule has 106 valence electrons. The lowest BCUT2D eigenvalue weighted by molar-refractivity contribution is -0.150. The van der Waals surface area contributed by atoms with E-state index >= 15 is 0 Å². The first kappa shape index (κ1) is 15.5. The lowest BCUT2D eigenvalue weighted by atomic mass is 9.91. The SMILES string of the molecule is CCCC1CCN(C(CCC)C(=O)OCC)CC1. The summed E-state index contributed by atoms with van der Waals surface area (Å²) < 4.78 is 5.20. The molecule has 1 saturated heterocycles. The van der Waals surface area contributed by atoms with Gasteiger partial charge in [-0.25, -0.2) is 0 Å². The quantitative estimate of drug-likeness (QED) is 0.654. The summed E-state index contributed by atoms with van der Waals surface area (Å²) in [5, 5.41) is 0. The van der Waals surface area contributed by atoms with Crippen LogP contribution in [0.3, 0.4) is 0 Å². The molecule has 1 aliphatic heterocycles. The molecule has 0 aromatic carbocycles. The van der Waals surface area contributed by atoms with Crippen LogP contribution in [0.2, 0.25) is 0 Å². The minimum absolute atomic E-state index is 0.00229. The third-order valence-electron chi connectivity index (χ3n) is 3.91. The van der Waals surface area contributed by atoms with Gasteiger partial charge in [-0.1, -0.05) is 33.1 Å². The van der Waals surface area contributed by atoms with Gasteiger partial charge in [0.15, 0.2) is 0 Å². The molecule has 0 amide bonds. The second kappa shape index (κ2) is 8.52. The Labute approximate surface area is 112 Å². The third-order valence-corrected chi connectivity index (χ3v) is 3.91. The topological polar surface area (TPSA) is 29.5 Å². The van der Waals surface area contributed by atoms with Gasteiger partial charge in [-0.2, -0.15) is 0 Å². The van der Waals surface area contributed by atoms with E-state index in [-0.39, 0.29) is 12.0 Å². The van der Waals surface area contributed by atoms with Crippen LogP contribution in [0.4, 0.5) is 0 Å². The van der Waals surface area contributed by atoms with E-state index in [4.69, 9.17) is 4.74 Å². The van der Waals surface area contributed by atoms with Crippen LogP contribution in [0.1, 0.15) is 59.3 Å². The van der Waals surface area contributed by atoms with E-state index in [9.17, 15) is 4.79 Å². The van der Waals surface area contributed by atoms with Crippen molar-refractivity contribution in [3.05, 3.63) is 0 Å². The highest BCUT2D eigenvalue weighted by atomic mass is 16.5. The zero-order valence-corrected chi connectivity index (χ0v) is 12.3. The number of rotatable bonds is 7. The number of hydrogen-bond donors (Lipinski definition) is 0. The van der Waals surface area contributed by atoms with Gasteiger partial charge in [0.05, 0.1) is 6.61 Å². The number of carbonyl (C=O) groups is 1. The van der Waals surface area contributed by atoms with Gasteiger partial charge in [0.1, 0.15) is 6.04 Å². The van der Waals surface area contributed by atoms with Crippen LogP contribution in [0.15, 0.2) is 0 Å². The number of ether oxygens (including phenoxy) is 1. The van der Waals surface area contributed by atoms with Gasteiger partial charge < -0.3 is 4.74 Å². The van der Waals surface area contributed by atoms with E-state index < -0.39 is 0 Å². The van der Waals surface area contributed by atoms with E-state index in [0.29, 0.717) is 6.61 Å². The molecule has 18 heavy (non-hydrogen) atoms. The number of likely N-dealkylation sites (tertiary alicyclic amines) is 1. The van der Waals surface area contributed by atoms with E-state index in [2.05, 4.69) is 18.7 Å². The van der Waals surface area contributed by atoms with Gasteiger partial charge in [0.25, 0.3) is 0 Å². The van der Waals surface area contributed by atoms with E-state index in [1.165, 1.54) is 25.7 Å². The molecule has 0 saturated carbocycles. The fraction of sp³-hybridized carbons (Fsp3) is 0.933. The lowest BCUT2D eigenvalue weighted by Gasteiger charge is -2.36. The highest BCUT2D eigenvalue weighted by Crippen LogP contribution is 2.24. The normalized spacial score (nSPS) is 19.7. The van der Waals surface area contributed by atoms with Crippen molar-refractivity contribution in [1.29, 1.82) is 0 Å². The van der Waals surface area contributed by atoms with Crippen LogP contribution in [0.5, 0.6) is 0 Å². The highest BCUT2D eigenvalue weighted by molar-refractivity contribution is 5.75. The maximum Gasteiger partial charge on any atom is 0.323 e. The average Bonchev–Trinajstić information content (AvgIpc) is 2.38. The maximum atomic E-state index is 12.0. The molecule has 1 unspecified atom stereocenters. The molecule has 1 fully saturated rings. The number of esters is 1. The molecule has 0 aromatic heterocycles. The van der Waals surface area contributed by atoms with Crippen molar-refractivity contribution < 1.29 is 9.53 Å². The molecule has 0 aliphatic carbocycles. The summed E-state index contributed by atoms with van der Waals surface area (Å²) in [5.41, 5.74) is 0. The first-order valence-corrected chi connectivity index (χ1v) is 7.63. The molecule has 0 bridgehead atoms. The molecular formula is C15H29NO2. The van der Waals surface area contributed by atoms with Gasteiger partial charge >= 0.3 is 5.97 Å². The van der Waals surface area contributed by atoms with E-state index in [1.54, 1.807) is 0 Å². The van der Waals surface area contributed by atoms with Gasteiger partial charge in [0, 0.05) is 0 Å². The molecule has 0 radical (unpaired) electrons. The number of carbonyl (C=O) groups excluding carboxylic acids is 1. The van der Waals surface area contributed by atoms with Crippen LogP contribution in [0, 0.1) is 5.92 Å². The molecular weight excluding hydrogens is 226 g/mol. The standard InChI is InChI=1S/C15H29NO2/c1-4-7-13-9-11-16(12-10-13)14(8-5-2)15(17)18-6-3/h13-14H,4-12H2,1-3H3. The summed E-state index contributed by atoms with van der Waals surface area (Å²) in [6.45, 7) is 8.89. The largest absolute Gasteiger partial charge is 0.465 e. The predicted molar refractivity (Wildman–Crippen MR) is 74.5 cm³/mol. The van der Waals surface area contributed by atoms with Crippen molar-refractivity contribution >= 4 is 5.97 Å². The van der Waals surface area contributed by atoms with Gasteiger partial charge in [-0.15, -0.1) is 0 Å². The summed E-state index contributed by atoms with van der Waals surface area (Å²) in [5.74, 6) is 0.851. The van der Waals surface area contributed by atoms with Crippen molar-refractivity contribution in [2.24, 2.45) is 5.92 Å². The Hall–Kier alpha value is -0.570. The first-order chi connectivity index (χ1) is 8.72. The minimum Gasteiger partial charge on any atom is -0.465 e. The van der Waals surface area contributed by atoms with Crippen LogP contribution < -0.4 is 0 Å². The molecule has 0 aromatic rings. The monoisotopic (exact) mass is 255 g/mol. The molecule has 1 aliphatic rings. The van der Waals surface area contributed by atoms with Crippen molar-refractivity contribution in [2.45, 2.75) is 65.3 Å². The smallest absolute Gasteiger partial charge is 0.323 e. The molecule has 3 heteroatoms. The van der Waals surface area contributed by atoms with Crippen LogP contribution in [-0.2, 0) is 9.53 Å². The Morgan fingerprint density at radius 2 is 1.89 bits per heavy atom. The number of nitrogens with zero attached hydrogens (tertiary/aromatic N) is 1. The third kappa shape index (κ3) is 4.60. The first-order valence-electron chi connectivity index (χ1n) is 7.63. The predicted octanol–water partition coefficient (Wildman–Crippen LogP) is 3.23. The van der Waals surface area contributed by atoms with E-state index in [0.717, 1.165) is 31.8 Å². The van der Waals surface area contributed by atoms with E-state index in [1.807, 2.05) is 6.92 Å². The minimum atomic E-state index is -0.0201. The van der Waals surface area contributed by atoms with Crippen molar-refractivity contribution in [3.8, 4) is 0 Å². The average molecular weight is 255 g/mol.